The quantitative estimate of drug-likeness (QED) is 0.113. The third kappa shape index (κ3) is 4.80. The van der Waals surface area contributed by atoms with Crippen LogP contribution in [0.15, 0.2) is 23.8 Å². The van der Waals surface area contributed by atoms with Gasteiger partial charge < -0.3 is 44.1 Å². The van der Waals surface area contributed by atoms with Gasteiger partial charge in [-0.1, -0.05) is 50.9 Å². The average Bonchev–Trinajstić information content (AvgIpc) is 3.48. The van der Waals surface area contributed by atoms with E-state index in [1.165, 1.54) is 6.07 Å². The number of hydrogen-bond donors (Lipinski definition) is 4. The Hall–Kier alpha value is -3.96. The third-order valence-corrected chi connectivity index (χ3v) is 14.9. The van der Waals surface area contributed by atoms with Crippen molar-refractivity contribution in [3.05, 3.63) is 73.3 Å². The van der Waals surface area contributed by atoms with Crippen molar-refractivity contribution in [1.82, 2.24) is 0 Å². The van der Waals surface area contributed by atoms with E-state index in [0.29, 0.717) is 58.4 Å². The van der Waals surface area contributed by atoms with Gasteiger partial charge in [-0.3, -0.25) is 0 Å². The molecular weight excluding hydrogens is 724 g/mol. The smallest absolute Gasteiger partial charge is 0.347 e. The second-order valence-electron chi connectivity index (χ2n) is 17.8. The molecule has 0 saturated heterocycles. The molecule has 1 spiro atoms. The van der Waals surface area contributed by atoms with Crippen LogP contribution in [0.5, 0.6) is 40.2 Å². The van der Waals surface area contributed by atoms with Gasteiger partial charge in [0.15, 0.2) is 23.0 Å². The Morgan fingerprint density at radius 3 is 2.42 bits per heavy atom. The van der Waals surface area contributed by atoms with Crippen LogP contribution in [0.1, 0.15) is 135 Å². The van der Waals surface area contributed by atoms with Crippen LogP contribution >= 0.6 is 11.6 Å². The Balaban J connectivity index is 1.15. The van der Waals surface area contributed by atoms with Crippen molar-refractivity contribution in [3.8, 4) is 40.2 Å². The molecule has 2 aliphatic carbocycles. The van der Waals surface area contributed by atoms with E-state index in [1.807, 2.05) is 19.9 Å². The maximum atomic E-state index is 14.0. The van der Waals surface area contributed by atoms with E-state index < -0.39 is 36.2 Å². The summed E-state index contributed by atoms with van der Waals surface area (Å²) in [7, 11) is 0. The number of carbonyl (C=O) groups is 1. The fraction of sp³-hybridized carbons (Fsp3) is 0.523. The summed E-state index contributed by atoms with van der Waals surface area (Å²) >= 11 is 7.06. The fourth-order valence-electron chi connectivity index (χ4n) is 11.2. The number of aliphatic hydroxyl groups excluding tert-OH is 2. The summed E-state index contributed by atoms with van der Waals surface area (Å²) in [6, 6.07) is 3.00. The number of benzene rings is 3. The highest BCUT2D eigenvalue weighted by atomic mass is 35.5. The predicted octanol–water partition coefficient (Wildman–Crippen LogP) is 9.30. The average molecular weight is 773 g/mol. The van der Waals surface area contributed by atoms with Gasteiger partial charge in [0, 0.05) is 40.2 Å². The number of aliphatic hydroxyl groups is 2. The minimum atomic E-state index is -1.35. The minimum absolute atomic E-state index is 0.0160. The number of esters is 1. The number of rotatable bonds is 2. The summed E-state index contributed by atoms with van der Waals surface area (Å²) in [6.45, 7) is 16.2. The molecule has 4 heterocycles. The molecule has 0 unspecified atom stereocenters. The van der Waals surface area contributed by atoms with E-state index in [9.17, 15) is 25.2 Å². The highest BCUT2D eigenvalue weighted by Gasteiger charge is 2.67. The van der Waals surface area contributed by atoms with Crippen LogP contribution in [0.3, 0.4) is 0 Å². The Labute approximate surface area is 326 Å². The van der Waals surface area contributed by atoms with Crippen molar-refractivity contribution in [2.75, 3.05) is 0 Å². The first-order valence-corrected chi connectivity index (χ1v) is 19.8. The largest absolute Gasteiger partial charge is 0.508 e. The number of allylic oxidation sites excluding steroid dienone is 2. The predicted molar refractivity (Wildman–Crippen MR) is 204 cm³/mol. The van der Waals surface area contributed by atoms with Crippen molar-refractivity contribution in [2.24, 2.45) is 22.7 Å². The third-order valence-electron chi connectivity index (χ3n) is 14.4. The maximum absolute atomic E-state index is 14.0. The van der Waals surface area contributed by atoms with E-state index in [-0.39, 0.29) is 73.3 Å². The number of aromatic hydroxyl groups is 2. The number of phenols is 2. The molecule has 0 radical (unpaired) electrons. The summed E-state index contributed by atoms with van der Waals surface area (Å²) in [4.78, 5) is 14.0. The van der Waals surface area contributed by atoms with Gasteiger partial charge in [0.2, 0.25) is 6.29 Å². The first-order chi connectivity index (χ1) is 25.9. The molecule has 55 heavy (non-hydrogen) atoms. The maximum Gasteiger partial charge on any atom is 0.347 e. The highest BCUT2D eigenvalue weighted by molar-refractivity contribution is 6.33. The molecule has 11 heteroatoms. The van der Waals surface area contributed by atoms with Gasteiger partial charge >= 0.3 is 5.97 Å². The lowest BCUT2D eigenvalue weighted by molar-refractivity contribution is -0.213. The molecule has 6 aliphatic rings. The normalized spacial score (nSPS) is 31.9. The van der Waals surface area contributed by atoms with E-state index in [1.54, 1.807) is 19.9 Å². The zero-order chi connectivity index (χ0) is 39.3. The molecule has 9 rings (SSSR count). The zero-order valence-electron chi connectivity index (χ0n) is 32.6. The van der Waals surface area contributed by atoms with Gasteiger partial charge in [0.25, 0.3) is 0 Å². The van der Waals surface area contributed by atoms with Crippen molar-refractivity contribution in [1.29, 1.82) is 0 Å². The molecule has 10 nitrogen and oxygen atoms in total. The second kappa shape index (κ2) is 12.0. The number of carbonyl (C=O) groups excluding carboxylic acids is 1. The van der Waals surface area contributed by atoms with Gasteiger partial charge in [-0.05, 0) is 88.7 Å². The van der Waals surface area contributed by atoms with Crippen molar-refractivity contribution < 1.29 is 48.9 Å². The van der Waals surface area contributed by atoms with Crippen LogP contribution in [0.25, 0.3) is 0 Å². The van der Waals surface area contributed by atoms with E-state index in [4.69, 9.17) is 35.3 Å². The van der Waals surface area contributed by atoms with Gasteiger partial charge in [-0.25, -0.2) is 4.79 Å². The second-order valence-corrected chi connectivity index (χ2v) is 18.2. The molecule has 2 saturated carbocycles. The topological polar surface area (TPSA) is 144 Å². The summed E-state index contributed by atoms with van der Waals surface area (Å²) in [6.07, 6.45) is 2.20. The molecule has 292 valence electrons. The lowest BCUT2D eigenvalue weighted by atomic mass is 9.43. The van der Waals surface area contributed by atoms with Crippen molar-refractivity contribution >= 4 is 17.6 Å². The lowest BCUT2D eigenvalue weighted by Crippen LogP contribution is -2.66. The first-order valence-electron chi connectivity index (χ1n) is 19.4. The molecule has 0 amide bonds. The van der Waals surface area contributed by atoms with Crippen LogP contribution in [0.4, 0.5) is 0 Å². The standard InChI is InChI=1S/C44H49ClO10/c1-18(2)9-11-22-20(4)35-27(16-26(22)47)51-37-30(40(50)52-35)21(5)33(45)38-32(37)39-34(49)23-15-25(46)24-17-44(55-36(24)31(23)41(53-38)54-39)19(3)10-12-28-42(6,7)29(48)13-14-43(28,44)8/h9,15-16,19,28-29,34,39,41,46-49H,10-14,17H2,1-8H3/t19-,28+,29-,34-,39-,41-,43+,44-/m1/s1. The number of phenolic OH excluding ortho intramolecular Hbond substituents is 2. The first kappa shape index (κ1) is 36.7. The van der Waals surface area contributed by atoms with Crippen LogP contribution in [0.2, 0.25) is 5.02 Å². The van der Waals surface area contributed by atoms with Crippen LogP contribution in [-0.4, -0.2) is 38.1 Å². The fourth-order valence-corrected chi connectivity index (χ4v) is 11.5. The number of fused-ring (bicyclic) bond motifs is 13. The molecular formula is C44H49ClO10. The Kier molecular flexibility index (Phi) is 8.02. The van der Waals surface area contributed by atoms with Crippen LogP contribution in [-0.2, 0) is 17.6 Å². The highest BCUT2D eigenvalue weighted by Crippen LogP contribution is 2.69. The molecule has 0 aromatic heterocycles. The van der Waals surface area contributed by atoms with Crippen LogP contribution < -0.4 is 18.9 Å². The van der Waals surface area contributed by atoms with Crippen molar-refractivity contribution in [3.63, 3.8) is 0 Å². The van der Waals surface area contributed by atoms with E-state index in [2.05, 4.69) is 27.7 Å². The summed E-state index contributed by atoms with van der Waals surface area (Å²) in [5, 5.41) is 46.4. The zero-order valence-corrected chi connectivity index (χ0v) is 33.3. The molecule has 4 N–H and O–H groups in total. The molecule has 2 fully saturated rings. The monoisotopic (exact) mass is 772 g/mol. The molecule has 8 atom stereocenters. The minimum Gasteiger partial charge on any atom is -0.508 e. The van der Waals surface area contributed by atoms with E-state index >= 15 is 0 Å². The van der Waals surface area contributed by atoms with E-state index in [0.717, 1.165) is 24.8 Å². The van der Waals surface area contributed by atoms with Crippen LogP contribution in [0, 0.1) is 36.5 Å². The molecule has 4 aliphatic heterocycles. The number of hydrogen-bond acceptors (Lipinski definition) is 10. The number of halogens is 1. The summed E-state index contributed by atoms with van der Waals surface area (Å²) in [5.74, 6) is 0.558. The summed E-state index contributed by atoms with van der Waals surface area (Å²) < 4.78 is 32.9. The van der Waals surface area contributed by atoms with Gasteiger partial charge in [0.05, 0.1) is 22.3 Å². The summed E-state index contributed by atoms with van der Waals surface area (Å²) in [5.41, 5.74) is 3.03. The van der Waals surface area contributed by atoms with Gasteiger partial charge in [-0.2, -0.15) is 0 Å². The Morgan fingerprint density at radius 1 is 0.945 bits per heavy atom. The molecule has 2 bridgehead atoms. The van der Waals surface area contributed by atoms with Gasteiger partial charge in [-0.15, -0.1) is 0 Å². The van der Waals surface area contributed by atoms with Gasteiger partial charge in [0.1, 0.15) is 40.6 Å². The number of ether oxygens (including phenoxy) is 5. The SMILES string of the molecule is CC(C)=CCc1c(O)cc2c(c1C)OC(=O)c1c(C)c(Cl)c3c(c1O2)[C@H]1O[C@@H](O3)c2c(cc(O)c3c2O[C@]2(C3)[C@H](C)CC[C@H]3C(C)(C)[C@H](O)CC[C@@]32C)[C@H]1O. The van der Waals surface area contributed by atoms with Crippen molar-refractivity contribution in [2.45, 2.75) is 124 Å². The Morgan fingerprint density at radius 2 is 1.69 bits per heavy atom. The lowest BCUT2D eigenvalue weighted by Gasteiger charge is -2.64. The molecule has 3 aromatic rings. The Bertz CT molecular complexity index is 2240. The molecule has 3 aromatic carbocycles.